The Kier molecular flexibility index (Phi) is 6.60. The van der Waals surface area contributed by atoms with Crippen LogP contribution in [-0.4, -0.2) is 24.3 Å². The van der Waals surface area contributed by atoms with Crippen molar-refractivity contribution in [2.45, 2.75) is 0 Å². The molecular weight excluding hydrogens is 316 g/mol. The fraction of sp³-hybridized carbons (Fsp3) is 0.0952. The zero-order valence-electron chi connectivity index (χ0n) is 13.9. The number of rotatable bonds is 8. The van der Waals surface area contributed by atoms with Crippen molar-refractivity contribution in [2.24, 2.45) is 0 Å². The van der Waals surface area contributed by atoms with E-state index in [2.05, 4.69) is 13.2 Å². The van der Waals surface area contributed by atoms with Crippen LogP contribution in [0.2, 0.25) is 0 Å². The number of benzene rings is 2. The molecule has 0 unspecified atom stereocenters. The van der Waals surface area contributed by atoms with Gasteiger partial charge in [-0.25, -0.2) is 4.79 Å². The predicted molar refractivity (Wildman–Crippen MR) is 99.2 cm³/mol. The lowest BCUT2D eigenvalue weighted by atomic mass is 10.0. The fourth-order valence-corrected chi connectivity index (χ4v) is 2.17. The van der Waals surface area contributed by atoms with Crippen LogP contribution in [0.5, 0.6) is 5.75 Å². The van der Waals surface area contributed by atoms with Crippen molar-refractivity contribution in [3.63, 3.8) is 0 Å². The molecule has 25 heavy (non-hydrogen) atoms. The van der Waals surface area contributed by atoms with Gasteiger partial charge >= 0.3 is 5.97 Å². The highest BCUT2D eigenvalue weighted by atomic mass is 16.5. The van der Waals surface area contributed by atoms with Gasteiger partial charge in [-0.05, 0) is 17.7 Å². The summed E-state index contributed by atoms with van der Waals surface area (Å²) in [4.78, 5) is 12.4. The maximum absolute atomic E-state index is 12.4. The van der Waals surface area contributed by atoms with Crippen molar-refractivity contribution in [1.82, 2.24) is 0 Å². The molecule has 4 nitrogen and oxygen atoms in total. The fourth-order valence-electron chi connectivity index (χ4n) is 2.17. The summed E-state index contributed by atoms with van der Waals surface area (Å²) < 4.78 is 10.6. The lowest BCUT2D eigenvalue weighted by Crippen LogP contribution is -2.10. The van der Waals surface area contributed by atoms with E-state index in [9.17, 15) is 9.90 Å². The van der Waals surface area contributed by atoms with Crippen LogP contribution in [0.25, 0.3) is 11.3 Å². The minimum atomic E-state index is -0.624. The van der Waals surface area contributed by atoms with E-state index in [1.807, 2.05) is 6.07 Å². The highest BCUT2D eigenvalue weighted by molar-refractivity contribution is 6.23. The highest BCUT2D eigenvalue weighted by Crippen LogP contribution is 2.27. The average Bonchev–Trinajstić information content (AvgIpc) is 2.66. The molecule has 128 valence electrons. The molecule has 0 aromatic heterocycles. The maximum atomic E-state index is 12.4. The minimum Gasteiger partial charge on any atom is -0.506 e. The molecule has 0 saturated carbocycles. The number of ether oxygens (including phenoxy) is 2. The Labute approximate surface area is 147 Å². The standard InChI is InChI=1S/C21H20O4/c1-3-14-24-18-12-10-16(11-13-18)19(21(23)25-15-4-2)20(22)17-8-6-5-7-9-17/h3-13,22H,1-2,14-15H2. The first-order valence-electron chi connectivity index (χ1n) is 7.78. The van der Waals surface area contributed by atoms with E-state index in [-0.39, 0.29) is 17.9 Å². The van der Waals surface area contributed by atoms with Crippen LogP contribution in [0.4, 0.5) is 0 Å². The van der Waals surface area contributed by atoms with Gasteiger partial charge in [-0.2, -0.15) is 0 Å². The molecule has 1 N–H and O–H groups in total. The summed E-state index contributed by atoms with van der Waals surface area (Å²) in [6.45, 7) is 7.57. The number of carbonyl (C=O) groups is 1. The van der Waals surface area contributed by atoms with Gasteiger partial charge in [0, 0.05) is 5.56 Å². The highest BCUT2D eigenvalue weighted by Gasteiger charge is 2.20. The van der Waals surface area contributed by atoms with Crippen molar-refractivity contribution in [1.29, 1.82) is 0 Å². The number of hydrogen-bond acceptors (Lipinski definition) is 4. The Morgan fingerprint density at radius 3 is 2.16 bits per heavy atom. The van der Waals surface area contributed by atoms with Crippen LogP contribution in [0, 0.1) is 0 Å². The van der Waals surface area contributed by atoms with E-state index in [1.165, 1.54) is 6.08 Å². The first-order chi connectivity index (χ1) is 12.2. The Hall–Kier alpha value is -3.27. The molecule has 0 aliphatic carbocycles. The molecule has 2 aromatic rings. The van der Waals surface area contributed by atoms with Crippen LogP contribution >= 0.6 is 0 Å². The Balaban J connectivity index is 2.42. The summed E-state index contributed by atoms with van der Waals surface area (Å²) in [6.07, 6.45) is 3.12. The first-order valence-corrected chi connectivity index (χ1v) is 7.78. The van der Waals surface area contributed by atoms with Crippen LogP contribution in [0.3, 0.4) is 0 Å². The third-order valence-corrected chi connectivity index (χ3v) is 3.33. The number of aliphatic hydroxyl groups is 1. The molecular formula is C21H20O4. The normalized spacial score (nSPS) is 11.2. The van der Waals surface area contributed by atoms with Crippen LogP contribution in [0.1, 0.15) is 11.1 Å². The van der Waals surface area contributed by atoms with Crippen molar-refractivity contribution in [3.05, 3.63) is 91.0 Å². The molecule has 0 spiro atoms. The van der Waals surface area contributed by atoms with Gasteiger partial charge in [-0.3, -0.25) is 0 Å². The molecule has 2 aromatic carbocycles. The number of esters is 1. The summed E-state index contributed by atoms with van der Waals surface area (Å²) in [5, 5.41) is 10.6. The topological polar surface area (TPSA) is 55.8 Å². The first kappa shape index (κ1) is 18.1. The second-order valence-corrected chi connectivity index (χ2v) is 5.10. The van der Waals surface area contributed by atoms with Gasteiger partial charge in [-0.1, -0.05) is 67.8 Å². The molecule has 0 fully saturated rings. The molecule has 2 rings (SSSR count). The maximum Gasteiger partial charge on any atom is 0.342 e. The molecule has 0 amide bonds. The van der Waals surface area contributed by atoms with Crippen molar-refractivity contribution in [2.75, 3.05) is 13.2 Å². The SMILES string of the molecule is C=CCOC(=O)C(=C(O)c1ccccc1)c1ccc(OCC=C)cc1. The van der Waals surface area contributed by atoms with Crippen molar-refractivity contribution < 1.29 is 19.4 Å². The van der Waals surface area contributed by atoms with Crippen LogP contribution in [0.15, 0.2) is 79.9 Å². The van der Waals surface area contributed by atoms with E-state index < -0.39 is 5.97 Å². The van der Waals surface area contributed by atoms with Gasteiger partial charge in [0.25, 0.3) is 0 Å². The van der Waals surface area contributed by atoms with Crippen molar-refractivity contribution in [3.8, 4) is 5.75 Å². The van der Waals surface area contributed by atoms with Crippen LogP contribution in [-0.2, 0) is 9.53 Å². The molecule has 4 heteroatoms. The van der Waals surface area contributed by atoms with Gasteiger partial charge in [0.15, 0.2) is 0 Å². The number of carbonyl (C=O) groups excluding carboxylic acids is 1. The Bertz CT molecular complexity index is 758. The van der Waals surface area contributed by atoms with Gasteiger partial charge in [0.2, 0.25) is 0 Å². The van der Waals surface area contributed by atoms with Gasteiger partial charge in [0.05, 0.1) is 0 Å². The van der Waals surface area contributed by atoms with Crippen LogP contribution < -0.4 is 4.74 Å². The zero-order chi connectivity index (χ0) is 18.1. The molecule has 0 atom stereocenters. The van der Waals surface area contributed by atoms with E-state index in [1.54, 1.807) is 54.6 Å². The quantitative estimate of drug-likeness (QED) is 0.255. The Morgan fingerprint density at radius 2 is 1.56 bits per heavy atom. The summed E-state index contributed by atoms with van der Waals surface area (Å²) in [6, 6.07) is 15.7. The summed E-state index contributed by atoms with van der Waals surface area (Å²) in [7, 11) is 0. The van der Waals surface area contributed by atoms with E-state index in [0.29, 0.717) is 23.5 Å². The van der Waals surface area contributed by atoms with E-state index >= 15 is 0 Å². The lowest BCUT2D eigenvalue weighted by molar-refractivity contribution is -0.135. The molecule has 0 bridgehead atoms. The van der Waals surface area contributed by atoms with E-state index in [4.69, 9.17) is 9.47 Å². The minimum absolute atomic E-state index is 0.0604. The third-order valence-electron chi connectivity index (χ3n) is 3.33. The summed E-state index contributed by atoms with van der Waals surface area (Å²) >= 11 is 0. The van der Waals surface area contributed by atoms with Crippen molar-refractivity contribution >= 4 is 17.3 Å². The average molecular weight is 336 g/mol. The van der Waals surface area contributed by atoms with Gasteiger partial charge in [-0.15, -0.1) is 0 Å². The summed E-state index contributed by atoms with van der Waals surface area (Å²) in [5.74, 6) is -0.128. The van der Waals surface area contributed by atoms with Gasteiger partial charge < -0.3 is 14.6 Å². The second kappa shape index (κ2) is 9.13. The smallest absolute Gasteiger partial charge is 0.342 e. The predicted octanol–water partition coefficient (Wildman–Crippen LogP) is 4.41. The lowest BCUT2D eigenvalue weighted by Gasteiger charge is -2.12. The number of aliphatic hydroxyl groups excluding tert-OH is 1. The largest absolute Gasteiger partial charge is 0.506 e. The summed E-state index contributed by atoms with van der Waals surface area (Å²) in [5.41, 5.74) is 1.14. The van der Waals surface area contributed by atoms with E-state index in [0.717, 1.165) is 0 Å². The molecule has 0 aliphatic heterocycles. The van der Waals surface area contributed by atoms with Gasteiger partial charge in [0.1, 0.15) is 30.3 Å². The second-order valence-electron chi connectivity index (χ2n) is 5.10. The molecule has 0 radical (unpaired) electrons. The molecule has 0 aliphatic rings. The molecule has 0 saturated heterocycles. The third kappa shape index (κ3) is 4.85. The Morgan fingerprint density at radius 1 is 0.920 bits per heavy atom. The number of hydrogen-bond donors (Lipinski definition) is 1. The zero-order valence-corrected chi connectivity index (χ0v) is 13.9. The monoisotopic (exact) mass is 336 g/mol. The molecule has 0 heterocycles.